The maximum atomic E-state index is 11.3. The number of carbonyl (C=O) groups excluding carboxylic acids is 1. The molecule has 86 valence electrons. The largest absolute Gasteiger partial charge is 0.609 e. The SMILES string of the molecule is C=C(C)C(=O)OCCOC([O-])=C1C=CC=C1. The Bertz CT molecular complexity index is 360. The normalized spacial score (nSPS) is 12.7. The highest BCUT2D eigenvalue weighted by Gasteiger charge is 2.01. The quantitative estimate of drug-likeness (QED) is 0.298. The summed E-state index contributed by atoms with van der Waals surface area (Å²) in [5, 5.41) is 11.3. The third-order valence-electron chi connectivity index (χ3n) is 1.80. The molecule has 4 heteroatoms. The van der Waals surface area contributed by atoms with Crippen molar-refractivity contribution in [1.29, 1.82) is 0 Å². The molecule has 0 atom stereocenters. The molecule has 1 aliphatic carbocycles. The second kappa shape index (κ2) is 5.80. The molecule has 0 radical (unpaired) electrons. The lowest BCUT2D eigenvalue weighted by Gasteiger charge is -2.16. The average molecular weight is 221 g/mol. The molecule has 0 aromatic rings. The van der Waals surface area contributed by atoms with Crippen LogP contribution < -0.4 is 5.11 Å². The first kappa shape index (κ1) is 12.1. The van der Waals surface area contributed by atoms with Crippen LogP contribution >= 0.6 is 0 Å². The van der Waals surface area contributed by atoms with Crippen molar-refractivity contribution < 1.29 is 19.4 Å². The van der Waals surface area contributed by atoms with Crippen molar-refractivity contribution in [2.75, 3.05) is 13.2 Å². The van der Waals surface area contributed by atoms with E-state index in [1.807, 2.05) is 0 Å². The molecular formula is C12H13O4-. The Balaban J connectivity index is 2.24. The Morgan fingerprint density at radius 3 is 2.44 bits per heavy atom. The summed E-state index contributed by atoms with van der Waals surface area (Å²) in [6, 6.07) is 0. The van der Waals surface area contributed by atoms with Crippen LogP contribution in [0.25, 0.3) is 0 Å². The van der Waals surface area contributed by atoms with Gasteiger partial charge in [0.2, 0.25) is 0 Å². The van der Waals surface area contributed by atoms with Gasteiger partial charge in [-0.1, -0.05) is 30.9 Å². The van der Waals surface area contributed by atoms with E-state index in [0.717, 1.165) is 0 Å². The van der Waals surface area contributed by atoms with Gasteiger partial charge in [0.1, 0.15) is 6.61 Å². The molecular weight excluding hydrogens is 208 g/mol. The molecule has 0 spiro atoms. The minimum Gasteiger partial charge on any atom is -0.609 e. The second-order valence-corrected chi connectivity index (χ2v) is 3.23. The molecule has 16 heavy (non-hydrogen) atoms. The molecule has 1 rings (SSSR count). The zero-order valence-electron chi connectivity index (χ0n) is 9.06. The molecule has 0 aromatic carbocycles. The molecule has 0 aliphatic heterocycles. The molecule has 0 bridgehead atoms. The number of rotatable bonds is 5. The van der Waals surface area contributed by atoms with Crippen LogP contribution in [0.15, 0.2) is 48.0 Å². The van der Waals surface area contributed by atoms with Crippen LogP contribution in [-0.2, 0) is 14.3 Å². The molecule has 0 saturated carbocycles. The maximum absolute atomic E-state index is 11.3. The first-order valence-corrected chi connectivity index (χ1v) is 4.82. The standard InChI is InChI=1S/C12H14O4/c1-9(2)11(13)15-7-8-16-12(14)10-5-3-4-6-10/h3-6,14H,1,7-8H2,2H3/p-1. The minimum atomic E-state index is -0.482. The van der Waals surface area contributed by atoms with Crippen molar-refractivity contribution in [2.45, 2.75) is 6.92 Å². The molecule has 0 N–H and O–H groups in total. The van der Waals surface area contributed by atoms with Crippen molar-refractivity contribution in [1.82, 2.24) is 0 Å². The van der Waals surface area contributed by atoms with Gasteiger partial charge in [-0.2, -0.15) is 0 Å². The summed E-state index contributed by atoms with van der Waals surface area (Å²) < 4.78 is 9.63. The van der Waals surface area contributed by atoms with E-state index in [0.29, 0.717) is 11.1 Å². The van der Waals surface area contributed by atoms with Gasteiger partial charge in [0.05, 0.1) is 5.95 Å². The highest BCUT2D eigenvalue weighted by atomic mass is 16.6. The summed E-state index contributed by atoms with van der Waals surface area (Å²) in [6.45, 7) is 5.07. The monoisotopic (exact) mass is 221 g/mol. The van der Waals surface area contributed by atoms with Crippen LogP contribution in [0.2, 0.25) is 0 Å². The van der Waals surface area contributed by atoms with E-state index in [-0.39, 0.29) is 13.2 Å². The van der Waals surface area contributed by atoms with Crippen molar-refractivity contribution in [2.24, 2.45) is 0 Å². The van der Waals surface area contributed by atoms with Crippen molar-refractivity contribution in [3.05, 3.63) is 48.0 Å². The van der Waals surface area contributed by atoms with Crippen molar-refractivity contribution in [3.8, 4) is 0 Å². The van der Waals surface area contributed by atoms with Gasteiger partial charge >= 0.3 is 5.97 Å². The van der Waals surface area contributed by atoms with Crippen molar-refractivity contribution in [3.63, 3.8) is 0 Å². The Morgan fingerprint density at radius 1 is 1.31 bits per heavy atom. The molecule has 0 aromatic heterocycles. The number of allylic oxidation sites excluding steroid dienone is 5. The Morgan fingerprint density at radius 2 is 1.88 bits per heavy atom. The minimum absolute atomic E-state index is 0.0398. The predicted molar refractivity (Wildman–Crippen MR) is 57.0 cm³/mol. The Labute approximate surface area is 94.2 Å². The van der Waals surface area contributed by atoms with E-state index in [2.05, 4.69) is 6.58 Å². The molecule has 0 unspecified atom stereocenters. The number of hydrogen-bond donors (Lipinski definition) is 0. The number of carbonyl (C=O) groups is 1. The summed E-state index contributed by atoms with van der Waals surface area (Å²) in [6.07, 6.45) is 6.81. The van der Waals surface area contributed by atoms with Crippen LogP contribution in [0, 0.1) is 0 Å². The predicted octanol–water partition coefficient (Wildman–Crippen LogP) is 0.820. The molecule has 0 heterocycles. The molecule has 0 saturated heterocycles. The fourth-order valence-electron chi connectivity index (χ4n) is 0.985. The maximum Gasteiger partial charge on any atom is 0.333 e. The summed E-state index contributed by atoms with van der Waals surface area (Å²) in [5.74, 6) is -0.902. The second-order valence-electron chi connectivity index (χ2n) is 3.23. The van der Waals surface area contributed by atoms with Crippen molar-refractivity contribution >= 4 is 5.97 Å². The molecule has 4 nitrogen and oxygen atoms in total. The van der Waals surface area contributed by atoms with Crippen LogP contribution in [0.4, 0.5) is 0 Å². The highest BCUT2D eigenvalue weighted by Crippen LogP contribution is 2.10. The Hall–Kier alpha value is -1.97. The van der Waals surface area contributed by atoms with E-state index in [1.54, 1.807) is 31.2 Å². The van der Waals surface area contributed by atoms with Crippen LogP contribution in [-0.4, -0.2) is 19.2 Å². The number of esters is 1. The van der Waals surface area contributed by atoms with Crippen LogP contribution in [0.3, 0.4) is 0 Å². The van der Waals surface area contributed by atoms with E-state index in [1.165, 1.54) is 0 Å². The number of ether oxygens (including phenoxy) is 2. The zero-order chi connectivity index (χ0) is 12.0. The van der Waals surface area contributed by atoms with Crippen LogP contribution in [0.1, 0.15) is 6.92 Å². The van der Waals surface area contributed by atoms with Gasteiger partial charge < -0.3 is 14.6 Å². The van der Waals surface area contributed by atoms with Gasteiger partial charge in [0.25, 0.3) is 0 Å². The third kappa shape index (κ3) is 3.65. The van der Waals surface area contributed by atoms with Crippen LogP contribution in [0.5, 0.6) is 0 Å². The molecule has 1 aliphatic rings. The van der Waals surface area contributed by atoms with E-state index in [4.69, 9.17) is 9.47 Å². The Kier molecular flexibility index (Phi) is 4.39. The zero-order valence-corrected chi connectivity index (χ0v) is 9.06. The summed E-state index contributed by atoms with van der Waals surface area (Å²) >= 11 is 0. The lowest BCUT2D eigenvalue weighted by atomic mass is 10.3. The van der Waals surface area contributed by atoms with E-state index < -0.39 is 11.9 Å². The van der Waals surface area contributed by atoms with Gasteiger partial charge in [0, 0.05) is 12.2 Å². The fourth-order valence-corrected chi connectivity index (χ4v) is 0.985. The van der Waals surface area contributed by atoms with E-state index >= 15 is 0 Å². The number of hydrogen-bond acceptors (Lipinski definition) is 4. The van der Waals surface area contributed by atoms with Gasteiger partial charge in [-0.05, 0) is 12.5 Å². The van der Waals surface area contributed by atoms with Gasteiger partial charge in [-0.25, -0.2) is 4.79 Å². The smallest absolute Gasteiger partial charge is 0.333 e. The molecule has 0 fully saturated rings. The van der Waals surface area contributed by atoms with E-state index in [9.17, 15) is 9.90 Å². The first-order chi connectivity index (χ1) is 7.61. The van der Waals surface area contributed by atoms with Gasteiger partial charge in [-0.3, -0.25) is 0 Å². The average Bonchev–Trinajstić information content (AvgIpc) is 2.76. The summed E-state index contributed by atoms with van der Waals surface area (Å²) in [5.41, 5.74) is 0.814. The molecule has 0 amide bonds. The third-order valence-corrected chi connectivity index (χ3v) is 1.80. The topological polar surface area (TPSA) is 58.6 Å². The highest BCUT2D eigenvalue weighted by molar-refractivity contribution is 5.86. The lowest BCUT2D eigenvalue weighted by molar-refractivity contribution is -0.358. The summed E-state index contributed by atoms with van der Waals surface area (Å²) in [4.78, 5) is 11.0. The van der Waals surface area contributed by atoms with Gasteiger partial charge in [0.15, 0.2) is 0 Å². The van der Waals surface area contributed by atoms with Gasteiger partial charge in [-0.15, -0.1) is 0 Å². The summed E-state index contributed by atoms with van der Waals surface area (Å²) in [7, 11) is 0. The lowest BCUT2D eigenvalue weighted by Crippen LogP contribution is -2.16. The fraction of sp³-hybridized carbons (Fsp3) is 0.250. The first-order valence-electron chi connectivity index (χ1n) is 4.82.